The number of rotatable bonds is 8. The molecule has 2 saturated heterocycles. The molecule has 2 rings (SSSR count). The summed E-state index contributed by atoms with van der Waals surface area (Å²) in [5.74, 6) is -2.34. The van der Waals surface area contributed by atoms with E-state index in [2.05, 4.69) is 9.80 Å². The van der Waals surface area contributed by atoms with Crippen molar-refractivity contribution in [3.8, 4) is 0 Å². The lowest BCUT2D eigenvalue weighted by molar-refractivity contribution is -0.134. The van der Waals surface area contributed by atoms with Gasteiger partial charge in [0.05, 0.1) is 12.7 Å². The molecule has 2 aliphatic heterocycles. The fraction of sp³-hybridized carbons (Fsp3) is 0.706. The van der Waals surface area contributed by atoms with Crippen LogP contribution < -0.4 is 0 Å². The average molecular weight is 387 g/mol. The second kappa shape index (κ2) is 12.4. The van der Waals surface area contributed by atoms with Crippen molar-refractivity contribution < 1.29 is 34.8 Å². The number of nitrogens with zero attached hydrogens (tertiary/aromatic N) is 3. The number of hydrogen-bond donors (Lipinski definition) is 4. The Labute approximate surface area is 158 Å². The van der Waals surface area contributed by atoms with E-state index in [0.29, 0.717) is 31.7 Å². The molecule has 0 aliphatic carbocycles. The van der Waals surface area contributed by atoms with Crippen molar-refractivity contribution in [1.29, 1.82) is 0 Å². The lowest BCUT2D eigenvalue weighted by Gasteiger charge is -2.35. The third kappa shape index (κ3) is 10.0. The minimum atomic E-state index is -1.26. The summed E-state index contributed by atoms with van der Waals surface area (Å²) in [6.07, 6.45) is 2.22. The molecule has 10 heteroatoms. The van der Waals surface area contributed by atoms with E-state index in [9.17, 15) is 19.5 Å². The van der Waals surface area contributed by atoms with Crippen LogP contribution in [0.15, 0.2) is 12.2 Å². The number of aliphatic hydroxyl groups excluding tert-OH is 2. The van der Waals surface area contributed by atoms with Gasteiger partial charge >= 0.3 is 11.9 Å². The Bertz CT molecular complexity index is 503. The molecule has 0 aromatic heterocycles. The number of carboxylic acids is 2. The first-order chi connectivity index (χ1) is 12.8. The number of carbonyl (C=O) groups excluding carboxylic acids is 1. The van der Waals surface area contributed by atoms with Crippen LogP contribution in [0.3, 0.4) is 0 Å². The van der Waals surface area contributed by atoms with E-state index in [1.807, 2.05) is 0 Å². The van der Waals surface area contributed by atoms with Gasteiger partial charge < -0.3 is 25.3 Å². The Morgan fingerprint density at radius 3 is 1.96 bits per heavy atom. The van der Waals surface area contributed by atoms with Crippen LogP contribution in [0.4, 0.5) is 0 Å². The summed E-state index contributed by atoms with van der Waals surface area (Å²) in [4.78, 5) is 36.8. The number of carboxylic acid groups (broad SMARTS) is 2. The molecule has 2 heterocycles. The van der Waals surface area contributed by atoms with Crippen molar-refractivity contribution in [1.82, 2.24) is 14.7 Å². The first-order valence-electron chi connectivity index (χ1n) is 8.97. The van der Waals surface area contributed by atoms with E-state index >= 15 is 0 Å². The first-order valence-corrected chi connectivity index (χ1v) is 8.97. The summed E-state index contributed by atoms with van der Waals surface area (Å²) in [6, 6.07) is 0. The van der Waals surface area contributed by atoms with Crippen LogP contribution in [0.25, 0.3) is 0 Å². The maximum absolute atomic E-state index is 11.5. The van der Waals surface area contributed by atoms with Gasteiger partial charge in [0.2, 0.25) is 5.91 Å². The quantitative estimate of drug-likeness (QED) is 0.358. The Balaban J connectivity index is 0.000000387. The van der Waals surface area contributed by atoms with E-state index in [0.717, 1.165) is 45.7 Å². The van der Waals surface area contributed by atoms with Gasteiger partial charge in [-0.1, -0.05) is 0 Å². The van der Waals surface area contributed by atoms with Crippen molar-refractivity contribution in [3.05, 3.63) is 12.2 Å². The maximum Gasteiger partial charge on any atom is 0.328 e. The van der Waals surface area contributed by atoms with Crippen molar-refractivity contribution in [2.75, 3.05) is 59.0 Å². The Morgan fingerprint density at radius 1 is 0.963 bits per heavy atom. The van der Waals surface area contributed by atoms with Crippen LogP contribution in [-0.2, 0) is 14.4 Å². The van der Waals surface area contributed by atoms with Gasteiger partial charge in [-0.05, 0) is 6.42 Å². The van der Waals surface area contributed by atoms with Crippen LogP contribution in [0.5, 0.6) is 0 Å². The summed E-state index contributed by atoms with van der Waals surface area (Å²) >= 11 is 0. The number of hydrogen-bond acceptors (Lipinski definition) is 7. The second-order valence-electron chi connectivity index (χ2n) is 6.47. The smallest absolute Gasteiger partial charge is 0.328 e. The molecule has 1 atom stereocenters. The zero-order valence-corrected chi connectivity index (χ0v) is 15.4. The molecule has 154 valence electrons. The summed E-state index contributed by atoms with van der Waals surface area (Å²) in [5.41, 5.74) is 0. The monoisotopic (exact) mass is 387 g/mol. The fourth-order valence-electron chi connectivity index (χ4n) is 2.99. The molecule has 27 heavy (non-hydrogen) atoms. The van der Waals surface area contributed by atoms with Crippen molar-refractivity contribution in [3.63, 3.8) is 0 Å². The molecular formula is C17H29N3O7. The zero-order valence-electron chi connectivity index (χ0n) is 15.4. The molecule has 1 amide bonds. The molecule has 0 radical (unpaired) electrons. The molecule has 10 nitrogen and oxygen atoms in total. The second-order valence-corrected chi connectivity index (χ2v) is 6.47. The number of piperazine rings is 1. The van der Waals surface area contributed by atoms with Crippen LogP contribution in [0, 0.1) is 0 Å². The van der Waals surface area contributed by atoms with Crippen LogP contribution in [0.2, 0.25) is 0 Å². The van der Waals surface area contributed by atoms with Crippen LogP contribution >= 0.6 is 0 Å². The average Bonchev–Trinajstić information content (AvgIpc) is 3.00. The molecule has 1 unspecified atom stereocenters. The molecule has 0 bridgehead atoms. The van der Waals surface area contributed by atoms with Gasteiger partial charge in [-0.3, -0.25) is 14.6 Å². The number of aliphatic hydroxyl groups is 2. The normalized spacial score (nSPS) is 19.8. The van der Waals surface area contributed by atoms with E-state index in [1.165, 1.54) is 0 Å². The topological polar surface area (TPSA) is 142 Å². The summed E-state index contributed by atoms with van der Waals surface area (Å²) in [5, 5.41) is 34.6. The highest BCUT2D eigenvalue weighted by molar-refractivity contribution is 5.89. The van der Waals surface area contributed by atoms with E-state index in [4.69, 9.17) is 15.3 Å². The van der Waals surface area contributed by atoms with Crippen LogP contribution in [0.1, 0.15) is 12.8 Å². The lowest BCUT2D eigenvalue weighted by Crippen LogP contribution is -2.50. The third-order valence-electron chi connectivity index (χ3n) is 4.32. The number of amides is 1. The molecule has 0 aromatic carbocycles. The zero-order chi connectivity index (χ0) is 20.2. The Morgan fingerprint density at radius 2 is 1.52 bits per heavy atom. The van der Waals surface area contributed by atoms with Crippen molar-refractivity contribution in [2.24, 2.45) is 0 Å². The Hall–Kier alpha value is -2.01. The molecule has 4 N–H and O–H groups in total. The highest BCUT2D eigenvalue weighted by Gasteiger charge is 2.24. The van der Waals surface area contributed by atoms with Gasteiger partial charge in [-0.15, -0.1) is 0 Å². The molecule has 0 aromatic rings. The highest BCUT2D eigenvalue weighted by atomic mass is 16.4. The molecular weight excluding hydrogens is 358 g/mol. The number of aliphatic carboxylic acids is 2. The van der Waals surface area contributed by atoms with Crippen LogP contribution in [-0.4, -0.2) is 118 Å². The SMILES string of the molecule is O=C(O)/C=C/C(=O)O.O=C1CCCN1CC(O)CN1CCN(CCO)CC1. The molecule has 2 fully saturated rings. The standard InChI is InChI=1S/C13H25N3O3.C4H4O4/c17-9-8-14-4-6-15(7-5-14)10-12(18)11-16-3-1-2-13(16)19;5-3(6)1-2-4(7)8/h12,17-18H,1-11H2;1-2H,(H,5,6)(H,7,8)/b;2-1+. The highest BCUT2D eigenvalue weighted by Crippen LogP contribution is 2.11. The molecule has 0 spiro atoms. The number of carbonyl (C=O) groups is 3. The third-order valence-corrected chi connectivity index (χ3v) is 4.32. The maximum atomic E-state index is 11.5. The number of β-amino-alcohol motifs (C(OH)–C–C–N with tert-alkyl or cyclic N) is 2. The van der Waals surface area contributed by atoms with Gasteiger partial charge in [0.25, 0.3) is 0 Å². The van der Waals surface area contributed by atoms with Gasteiger partial charge in [0.1, 0.15) is 0 Å². The lowest BCUT2D eigenvalue weighted by atomic mass is 10.2. The van der Waals surface area contributed by atoms with Crippen molar-refractivity contribution in [2.45, 2.75) is 18.9 Å². The number of likely N-dealkylation sites (tertiary alicyclic amines) is 1. The summed E-state index contributed by atoms with van der Waals surface area (Å²) < 4.78 is 0. The van der Waals surface area contributed by atoms with E-state index < -0.39 is 18.0 Å². The minimum Gasteiger partial charge on any atom is -0.478 e. The first kappa shape index (κ1) is 23.0. The molecule has 0 saturated carbocycles. The fourth-order valence-corrected chi connectivity index (χ4v) is 2.99. The van der Waals surface area contributed by atoms with Crippen molar-refractivity contribution >= 4 is 17.8 Å². The van der Waals surface area contributed by atoms with E-state index in [-0.39, 0.29) is 12.5 Å². The Kier molecular flexibility index (Phi) is 10.6. The van der Waals surface area contributed by atoms with Gasteiger partial charge in [0, 0.05) is 70.9 Å². The largest absolute Gasteiger partial charge is 0.478 e. The predicted molar refractivity (Wildman–Crippen MR) is 96.2 cm³/mol. The predicted octanol–water partition coefficient (Wildman–Crippen LogP) is -1.71. The van der Waals surface area contributed by atoms with Gasteiger partial charge in [-0.2, -0.15) is 0 Å². The van der Waals surface area contributed by atoms with Gasteiger partial charge in [0.15, 0.2) is 0 Å². The minimum absolute atomic E-state index is 0.173. The van der Waals surface area contributed by atoms with Gasteiger partial charge in [-0.25, -0.2) is 9.59 Å². The van der Waals surface area contributed by atoms with E-state index in [1.54, 1.807) is 4.90 Å². The summed E-state index contributed by atoms with van der Waals surface area (Å²) in [6.45, 7) is 6.56. The summed E-state index contributed by atoms with van der Waals surface area (Å²) in [7, 11) is 0. The molecule has 2 aliphatic rings.